The van der Waals surface area contributed by atoms with Gasteiger partial charge in [0.1, 0.15) is 11.6 Å². The first-order chi connectivity index (χ1) is 12.7. The zero-order chi connectivity index (χ0) is 18.4. The van der Waals surface area contributed by atoms with Gasteiger partial charge >= 0.3 is 0 Å². The molecule has 0 saturated carbocycles. The van der Waals surface area contributed by atoms with Crippen molar-refractivity contribution in [3.8, 4) is 0 Å². The molecule has 0 fully saturated rings. The van der Waals surface area contributed by atoms with E-state index in [1.54, 1.807) is 30.5 Å². The van der Waals surface area contributed by atoms with Gasteiger partial charge in [-0.05, 0) is 41.8 Å². The largest absolute Gasteiger partial charge is 0.354 e. The number of pyridine rings is 1. The van der Waals surface area contributed by atoms with Crippen LogP contribution in [0.15, 0.2) is 66.9 Å². The average molecular weight is 349 g/mol. The summed E-state index contributed by atoms with van der Waals surface area (Å²) in [5, 5.41) is 6.01. The number of aryl methyl sites for hydroxylation is 1. The first-order valence-corrected chi connectivity index (χ1v) is 8.50. The summed E-state index contributed by atoms with van der Waals surface area (Å²) in [7, 11) is 0. The topological polar surface area (TPSA) is 54.0 Å². The van der Waals surface area contributed by atoms with Crippen molar-refractivity contribution in [1.29, 1.82) is 0 Å². The number of nitrogens with zero attached hydrogens (tertiary/aromatic N) is 1. The molecule has 1 heterocycles. The van der Waals surface area contributed by atoms with Crippen LogP contribution in [0.2, 0.25) is 0 Å². The number of amides is 1. The third-order valence-electron chi connectivity index (χ3n) is 4.02. The van der Waals surface area contributed by atoms with Crippen molar-refractivity contribution in [3.63, 3.8) is 0 Å². The molecule has 4 nitrogen and oxygen atoms in total. The number of para-hydroxylation sites is 1. The maximum atomic E-state index is 13.6. The van der Waals surface area contributed by atoms with E-state index in [1.807, 2.05) is 24.3 Å². The fourth-order valence-corrected chi connectivity index (χ4v) is 2.65. The number of hydrogen-bond donors (Lipinski definition) is 2. The van der Waals surface area contributed by atoms with Crippen molar-refractivity contribution in [2.45, 2.75) is 19.8 Å². The number of halogens is 1. The highest BCUT2D eigenvalue weighted by molar-refractivity contribution is 5.91. The molecule has 3 aromatic rings. The Labute approximate surface area is 152 Å². The maximum Gasteiger partial charge on any atom is 0.230 e. The van der Waals surface area contributed by atoms with Crippen LogP contribution in [0.3, 0.4) is 0 Å². The van der Waals surface area contributed by atoms with Gasteiger partial charge in [-0.15, -0.1) is 0 Å². The third-order valence-corrected chi connectivity index (χ3v) is 4.02. The summed E-state index contributed by atoms with van der Waals surface area (Å²) in [6, 6.07) is 17.9. The van der Waals surface area contributed by atoms with Crippen LogP contribution in [-0.2, 0) is 17.6 Å². The first kappa shape index (κ1) is 17.6. The molecule has 0 aliphatic carbocycles. The quantitative estimate of drug-likeness (QED) is 0.678. The summed E-state index contributed by atoms with van der Waals surface area (Å²) >= 11 is 0. The summed E-state index contributed by atoms with van der Waals surface area (Å²) in [4.78, 5) is 16.3. The minimum atomic E-state index is -0.384. The Morgan fingerprint density at radius 1 is 1.00 bits per heavy atom. The Bertz CT molecular complexity index is 894. The summed E-state index contributed by atoms with van der Waals surface area (Å²) in [5.74, 6) is -0.259. The van der Waals surface area contributed by atoms with Crippen LogP contribution in [0, 0.1) is 5.82 Å². The van der Waals surface area contributed by atoms with E-state index in [4.69, 9.17) is 0 Å². The predicted octanol–water partition coefficient (Wildman–Crippen LogP) is 4.71. The minimum absolute atomic E-state index is 0.0295. The molecule has 0 bridgehead atoms. The van der Waals surface area contributed by atoms with Crippen LogP contribution in [-0.4, -0.2) is 10.9 Å². The molecule has 2 aromatic carbocycles. The highest BCUT2D eigenvalue weighted by Crippen LogP contribution is 2.21. The second-order valence-electron chi connectivity index (χ2n) is 5.88. The Morgan fingerprint density at radius 3 is 2.42 bits per heavy atom. The van der Waals surface area contributed by atoms with Gasteiger partial charge in [-0.1, -0.05) is 43.3 Å². The van der Waals surface area contributed by atoms with Gasteiger partial charge in [-0.3, -0.25) is 4.79 Å². The van der Waals surface area contributed by atoms with E-state index in [0.717, 1.165) is 17.8 Å². The van der Waals surface area contributed by atoms with Crippen LogP contribution in [0.25, 0.3) is 0 Å². The van der Waals surface area contributed by atoms with Crippen LogP contribution in [0.5, 0.6) is 0 Å². The maximum absolute atomic E-state index is 13.6. The highest BCUT2D eigenvalue weighted by Gasteiger charge is 2.09. The smallest absolute Gasteiger partial charge is 0.230 e. The minimum Gasteiger partial charge on any atom is -0.354 e. The van der Waals surface area contributed by atoms with E-state index in [1.165, 1.54) is 11.6 Å². The fourth-order valence-electron chi connectivity index (χ4n) is 2.65. The summed E-state index contributed by atoms with van der Waals surface area (Å²) in [6.07, 6.45) is 2.56. The fraction of sp³-hybridized carbons (Fsp3) is 0.143. The summed E-state index contributed by atoms with van der Waals surface area (Å²) < 4.78 is 13.6. The molecule has 0 unspecified atom stereocenters. The number of benzene rings is 2. The number of hydrogen-bond acceptors (Lipinski definition) is 3. The first-order valence-electron chi connectivity index (χ1n) is 8.50. The van der Waals surface area contributed by atoms with E-state index in [2.05, 4.69) is 28.6 Å². The molecular weight excluding hydrogens is 329 g/mol. The second-order valence-corrected chi connectivity index (χ2v) is 5.88. The van der Waals surface area contributed by atoms with E-state index in [9.17, 15) is 9.18 Å². The van der Waals surface area contributed by atoms with E-state index in [-0.39, 0.29) is 18.1 Å². The average Bonchev–Trinajstić information content (AvgIpc) is 2.66. The van der Waals surface area contributed by atoms with Gasteiger partial charge in [0.05, 0.1) is 18.3 Å². The molecule has 132 valence electrons. The Hall–Kier alpha value is -3.21. The van der Waals surface area contributed by atoms with Crippen molar-refractivity contribution >= 4 is 23.1 Å². The van der Waals surface area contributed by atoms with Gasteiger partial charge < -0.3 is 10.6 Å². The molecule has 26 heavy (non-hydrogen) atoms. The standard InChI is InChI=1S/C21H20FN3O/c1-2-15-7-4-6-10-19(15)24-17-11-12-20(23-14-17)25-21(26)13-16-8-3-5-9-18(16)22/h3-12,14,24H,2,13H2,1H3,(H,23,25,26). The predicted molar refractivity (Wildman–Crippen MR) is 102 cm³/mol. The van der Waals surface area contributed by atoms with Gasteiger partial charge in [0.25, 0.3) is 0 Å². The van der Waals surface area contributed by atoms with E-state index < -0.39 is 0 Å². The molecule has 0 saturated heterocycles. The number of anilines is 3. The second kappa shape index (κ2) is 8.25. The van der Waals surface area contributed by atoms with Crippen molar-refractivity contribution in [2.75, 3.05) is 10.6 Å². The Balaban J connectivity index is 1.62. The normalized spacial score (nSPS) is 10.4. The lowest BCUT2D eigenvalue weighted by molar-refractivity contribution is -0.115. The van der Waals surface area contributed by atoms with Crippen LogP contribution >= 0.6 is 0 Å². The lowest BCUT2D eigenvalue weighted by Gasteiger charge is -2.11. The van der Waals surface area contributed by atoms with E-state index in [0.29, 0.717) is 11.4 Å². The number of aromatic nitrogens is 1. The van der Waals surface area contributed by atoms with Gasteiger partial charge in [0.15, 0.2) is 0 Å². The molecule has 0 spiro atoms. The molecular formula is C21H20FN3O. The molecule has 0 aliphatic rings. The molecule has 3 rings (SSSR count). The molecule has 0 radical (unpaired) electrons. The lowest BCUT2D eigenvalue weighted by atomic mass is 10.1. The van der Waals surface area contributed by atoms with Crippen LogP contribution < -0.4 is 10.6 Å². The zero-order valence-corrected chi connectivity index (χ0v) is 14.5. The Morgan fingerprint density at radius 2 is 1.73 bits per heavy atom. The number of rotatable bonds is 6. The number of nitrogens with one attached hydrogen (secondary N) is 2. The van der Waals surface area contributed by atoms with Gasteiger partial charge in [-0.2, -0.15) is 0 Å². The third kappa shape index (κ3) is 4.45. The highest BCUT2D eigenvalue weighted by atomic mass is 19.1. The molecule has 0 aliphatic heterocycles. The van der Waals surface area contributed by atoms with E-state index >= 15 is 0 Å². The molecule has 1 aromatic heterocycles. The SMILES string of the molecule is CCc1ccccc1Nc1ccc(NC(=O)Cc2ccccc2F)nc1. The zero-order valence-electron chi connectivity index (χ0n) is 14.5. The lowest BCUT2D eigenvalue weighted by Crippen LogP contribution is -2.16. The van der Waals surface area contributed by atoms with Gasteiger partial charge in [0, 0.05) is 5.69 Å². The van der Waals surface area contributed by atoms with Gasteiger partial charge in [0.2, 0.25) is 5.91 Å². The molecule has 2 N–H and O–H groups in total. The number of carbonyl (C=O) groups is 1. The van der Waals surface area contributed by atoms with Crippen molar-refractivity contribution in [1.82, 2.24) is 4.98 Å². The van der Waals surface area contributed by atoms with Crippen LogP contribution in [0.4, 0.5) is 21.6 Å². The Kier molecular flexibility index (Phi) is 5.59. The molecule has 0 atom stereocenters. The van der Waals surface area contributed by atoms with Gasteiger partial charge in [-0.25, -0.2) is 9.37 Å². The summed E-state index contributed by atoms with van der Waals surface area (Å²) in [6.45, 7) is 2.10. The summed E-state index contributed by atoms with van der Waals surface area (Å²) in [5.41, 5.74) is 3.44. The van der Waals surface area contributed by atoms with Crippen LogP contribution in [0.1, 0.15) is 18.1 Å². The number of carbonyl (C=O) groups excluding carboxylic acids is 1. The monoisotopic (exact) mass is 349 g/mol. The van der Waals surface area contributed by atoms with Crippen molar-refractivity contribution < 1.29 is 9.18 Å². The molecule has 5 heteroatoms. The van der Waals surface area contributed by atoms with Crippen molar-refractivity contribution in [3.05, 3.63) is 83.8 Å². The molecule has 1 amide bonds. The van der Waals surface area contributed by atoms with Crippen molar-refractivity contribution in [2.24, 2.45) is 0 Å².